The van der Waals surface area contributed by atoms with E-state index in [4.69, 9.17) is 0 Å². The van der Waals surface area contributed by atoms with Gasteiger partial charge in [-0.25, -0.2) is 12.7 Å². The Labute approximate surface area is 140 Å². The fourth-order valence-electron chi connectivity index (χ4n) is 3.07. The first-order valence-electron chi connectivity index (χ1n) is 8.28. The molecule has 0 aromatic heterocycles. The van der Waals surface area contributed by atoms with E-state index in [9.17, 15) is 8.42 Å². The van der Waals surface area contributed by atoms with Crippen molar-refractivity contribution in [3.05, 3.63) is 29.8 Å². The first-order chi connectivity index (χ1) is 10.8. The molecule has 0 unspecified atom stereocenters. The van der Waals surface area contributed by atoms with Crippen molar-refractivity contribution in [1.29, 1.82) is 0 Å². The van der Waals surface area contributed by atoms with Gasteiger partial charge < -0.3 is 10.2 Å². The minimum atomic E-state index is -3.35. The van der Waals surface area contributed by atoms with E-state index in [-0.39, 0.29) is 6.04 Å². The monoisotopic (exact) mass is 339 g/mol. The van der Waals surface area contributed by atoms with Crippen LogP contribution in [-0.2, 0) is 10.0 Å². The number of hydrogen-bond donors (Lipinski definition) is 1. The summed E-state index contributed by atoms with van der Waals surface area (Å²) >= 11 is 0. The van der Waals surface area contributed by atoms with Crippen molar-refractivity contribution in [2.24, 2.45) is 0 Å². The molecule has 0 aliphatic carbocycles. The number of sulfonamides is 1. The zero-order valence-electron chi connectivity index (χ0n) is 14.6. The lowest BCUT2D eigenvalue weighted by Crippen LogP contribution is -2.30. The van der Waals surface area contributed by atoms with E-state index in [1.807, 2.05) is 12.1 Å². The highest BCUT2D eigenvalue weighted by Crippen LogP contribution is 2.20. The number of nitrogens with one attached hydrogen (secondary N) is 1. The molecule has 2 atom stereocenters. The van der Waals surface area contributed by atoms with Crippen molar-refractivity contribution in [1.82, 2.24) is 14.5 Å². The highest BCUT2D eigenvalue weighted by Gasteiger charge is 2.20. The summed E-state index contributed by atoms with van der Waals surface area (Å²) in [6.07, 6.45) is 3.76. The summed E-state index contributed by atoms with van der Waals surface area (Å²) < 4.78 is 25.4. The largest absolute Gasteiger partial charge is 0.310 e. The van der Waals surface area contributed by atoms with Crippen LogP contribution in [0.3, 0.4) is 0 Å². The molecule has 1 aromatic carbocycles. The van der Waals surface area contributed by atoms with Gasteiger partial charge in [0.05, 0.1) is 4.90 Å². The molecule has 1 heterocycles. The van der Waals surface area contributed by atoms with Crippen LogP contribution in [-0.4, -0.2) is 57.9 Å². The second kappa shape index (κ2) is 7.75. The van der Waals surface area contributed by atoms with Gasteiger partial charge in [0.1, 0.15) is 0 Å². The molecule has 5 nitrogen and oxygen atoms in total. The van der Waals surface area contributed by atoms with E-state index >= 15 is 0 Å². The average molecular weight is 340 g/mol. The predicted molar refractivity (Wildman–Crippen MR) is 94.0 cm³/mol. The second-order valence-electron chi connectivity index (χ2n) is 6.60. The summed E-state index contributed by atoms with van der Waals surface area (Å²) in [4.78, 5) is 2.78. The lowest BCUT2D eigenvalue weighted by atomic mass is 10.1. The van der Waals surface area contributed by atoms with E-state index in [1.54, 1.807) is 26.2 Å². The maximum absolute atomic E-state index is 12.1. The van der Waals surface area contributed by atoms with Crippen molar-refractivity contribution in [3.63, 3.8) is 0 Å². The van der Waals surface area contributed by atoms with Gasteiger partial charge in [-0.05, 0) is 64.0 Å². The first kappa shape index (κ1) is 18.4. The first-order valence-corrected chi connectivity index (χ1v) is 9.72. The lowest BCUT2D eigenvalue weighted by Gasteiger charge is -2.21. The van der Waals surface area contributed by atoms with Crippen molar-refractivity contribution < 1.29 is 8.42 Å². The lowest BCUT2D eigenvalue weighted by molar-refractivity contribution is 0.291. The molecule has 1 aliphatic heterocycles. The fraction of sp³-hybridized carbons (Fsp3) is 0.647. The third-order valence-corrected chi connectivity index (χ3v) is 6.59. The minimum Gasteiger partial charge on any atom is -0.310 e. The van der Waals surface area contributed by atoms with Gasteiger partial charge >= 0.3 is 0 Å². The Balaban J connectivity index is 1.89. The summed E-state index contributed by atoms with van der Waals surface area (Å²) in [5.41, 5.74) is 1.11. The number of benzene rings is 1. The Bertz CT molecular complexity index is 599. The number of likely N-dealkylation sites (tertiary alicyclic amines) is 1. The van der Waals surface area contributed by atoms with Crippen LogP contribution >= 0.6 is 0 Å². The molecule has 2 rings (SSSR count). The van der Waals surface area contributed by atoms with Gasteiger partial charge in [-0.2, -0.15) is 0 Å². The molecule has 1 aliphatic rings. The fourth-order valence-corrected chi connectivity index (χ4v) is 3.97. The normalized spacial score (nSPS) is 21.0. The van der Waals surface area contributed by atoms with Gasteiger partial charge in [-0.3, -0.25) is 0 Å². The van der Waals surface area contributed by atoms with Crippen molar-refractivity contribution in [2.75, 3.05) is 34.2 Å². The third-order valence-electron chi connectivity index (χ3n) is 4.76. The second-order valence-corrected chi connectivity index (χ2v) is 8.75. The van der Waals surface area contributed by atoms with Crippen LogP contribution in [0.25, 0.3) is 0 Å². The molecule has 0 saturated carbocycles. The van der Waals surface area contributed by atoms with E-state index < -0.39 is 10.0 Å². The Hall–Kier alpha value is -0.950. The van der Waals surface area contributed by atoms with Gasteiger partial charge in [0, 0.05) is 26.2 Å². The van der Waals surface area contributed by atoms with Gasteiger partial charge in [0.15, 0.2) is 0 Å². The molecular weight excluding hydrogens is 310 g/mol. The molecule has 1 aromatic rings. The molecule has 0 spiro atoms. The van der Waals surface area contributed by atoms with Crippen molar-refractivity contribution >= 4 is 10.0 Å². The molecule has 0 radical (unpaired) electrons. The molecular formula is C17H29N3O2S. The van der Waals surface area contributed by atoms with Gasteiger partial charge in [0.2, 0.25) is 10.0 Å². The van der Waals surface area contributed by atoms with Crippen LogP contribution in [0.5, 0.6) is 0 Å². The molecule has 23 heavy (non-hydrogen) atoms. The Morgan fingerprint density at radius 1 is 1.30 bits per heavy atom. The Morgan fingerprint density at radius 2 is 1.96 bits per heavy atom. The molecule has 1 saturated heterocycles. The van der Waals surface area contributed by atoms with Crippen LogP contribution in [0.4, 0.5) is 0 Å². The minimum absolute atomic E-state index is 0.220. The summed E-state index contributed by atoms with van der Waals surface area (Å²) in [6.45, 7) is 4.31. The molecule has 1 fully saturated rings. The number of nitrogens with zero attached hydrogens (tertiary/aromatic N) is 2. The quantitative estimate of drug-likeness (QED) is 0.826. The predicted octanol–water partition coefficient (Wildman–Crippen LogP) is 2.07. The molecule has 6 heteroatoms. The van der Waals surface area contributed by atoms with E-state index in [0.717, 1.165) is 18.5 Å². The smallest absolute Gasteiger partial charge is 0.242 e. The third kappa shape index (κ3) is 4.53. The Kier molecular flexibility index (Phi) is 6.19. The average Bonchev–Trinajstić information content (AvgIpc) is 2.92. The SMILES string of the molecule is C[C@@H](NCC[C@H]1CCCN1C)c1ccc(S(=O)(=O)N(C)C)cc1. The maximum Gasteiger partial charge on any atom is 0.242 e. The maximum atomic E-state index is 12.1. The number of hydrogen-bond acceptors (Lipinski definition) is 4. The summed E-state index contributed by atoms with van der Waals surface area (Å²) in [5, 5.41) is 3.54. The molecule has 1 N–H and O–H groups in total. The van der Waals surface area contributed by atoms with Crippen molar-refractivity contribution in [3.8, 4) is 0 Å². The summed E-state index contributed by atoms with van der Waals surface area (Å²) in [7, 11) is 1.95. The highest BCUT2D eigenvalue weighted by molar-refractivity contribution is 7.89. The van der Waals surface area contributed by atoms with Gasteiger partial charge in [0.25, 0.3) is 0 Å². The highest BCUT2D eigenvalue weighted by atomic mass is 32.2. The van der Waals surface area contributed by atoms with Crippen LogP contribution in [0.15, 0.2) is 29.2 Å². The van der Waals surface area contributed by atoms with Crippen molar-refractivity contribution in [2.45, 2.75) is 43.2 Å². The molecule has 130 valence electrons. The zero-order chi connectivity index (χ0) is 17.0. The van der Waals surface area contributed by atoms with E-state index in [0.29, 0.717) is 10.9 Å². The Morgan fingerprint density at radius 3 is 2.48 bits per heavy atom. The standard InChI is InChI=1S/C17H29N3O2S/c1-14(18-12-11-16-6-5-13-20(16)4)15-7-9-17(10-8-15)23(21,22)19(2)3/h7-10,14,16,18H,5-6,11-13H2,1-4H3/t14-,16-/m1/s1. The molecule has 0 bridgehead atoms. The molecule has 0 amide bonds. The van der Waals surface area contributed by atoms with E-state index in [2.05, 4.69) is 24.2 Å². The number of rotatable bonds is 7. The van der Waals surface area contributed by atoms with Crippen LogP contribution < -0.4 is 5.32 Å². The van der Waals surface area contributed by atoms with Gasteiger partial charge in [-0.15, -0.1) is 0 Å². The van der Waals surface area contributed by atoms with Crippen LogP contribution in [0.2, 0.25) is 0 Å². The summed E-state index contributed by atoms with van der Waals surface area (Å²) in [5.74, 6) is 0. The summed E-state index contributed by atoms with van der Waals surface area (Å²) in [6, 6.07) is 8.09. The van der Waals surface area contributed by atoms with Crippen LogP contribution in [0, 0.1) is 0 Å². The van der Waals surface area contributed by atoms with Crippen LogP contribution in [0.1, 0.15) is 37.8 Å². The van der Waals surface area contributed by atoms with E-state index in [1.165, 1.54) is 23.7 Å². The van der Waals surface area contributed by atoms with Gasteiger partial charge in [-0.1, -0.05) is 12.1 Å². The topological polar surface area (TPSA) is 52.7 Å². The zero-order valence-corrected chi connectivity index (χ0v) is 15.4.